The molecule has 0 bridgehead atoms. The van der Waals surface area contributed by atoms with E-state index in [1.165, 1.54) is 44.6 Å². The number of hydrogen-bond donors (Lipinski definition) is 0. The van der Waals surface area contributed by atoms with Crippen LogP contribution in [0.4, 0.5) is 8.78 Å². The van der Waals surface area contributed by atoms with Gasteiger partial charge in [0, 0.05) is 0 Å². The van der Waals surface area contributed by atoms with Gasteiger partial charge < -0.3 is 0 Å². The van der Waals surface area contributed by atoms with E-state index < -0.39 is 11.6 Å². The lowest BCUT2D eigenvalue weighted by molar-refractivity contribution is 0.132. The number of rotatable bonds is 5. The van der Waals surface area contributed by atoms with Crippen LogP contribution in [0.3, 0.4) is 0 Å². The molecule has 148 valence electrons. The SMILES string of the molecule is CCCC1CCC(C(C)[C@H]2CC[C@H](c3ccc(C#N)c(F)c3F)CC2)CC1. The largest absolute Gasteiger partial charge is 0.203 e. The summed E-state index contributed by atoms with van der Waals surface area (Å²) in [4.78, 5) is 0. The zero-order valence-electron chi connectivity index (χ0n) is 16.8. The monoisotopic (exact) mass is 373 g/mol. The lowest BCUT2D eigenvalue weighted by Gasteiger charge is -2.39. The minimum Gasteiger partial charge on any atom is -0.203 e. The summed E-state index contributed by atoms with van der Waals surface area (Å²) in [6.07, 6.45) is 12.3. The standard InChI is InChI=1S/C24H33F2N/c1-3-4-17-5-7-18(8-6-17)16(2)19-9-11-20(12-10-19)22-14-13-21(15-27)23(25)24(22)26/h13-14,16-20H,3-12H2,1-2H3/t16?,17?,18?,19-,20-. The van der Waals surface area contributed by atoms with Crippen LogP contribution in [0.5, 0.6) is 0 Å². The Morgan fingerprint density at radius 3 is 2.11 bits per heavy atom. The van der Waals surface area contributed by atoms with E-state index in [1.54, 1.807) is 12.1 Å². The quantitative estimate of drug-likeness (QED) is 0.529. The summed E-state index contributed by atoms with van der Waals surface area (Å²) in [6, 6.07) is 4.77. The third kappa shape index (κ3) is 4.53. The number of nitriles is 1. The molecule has 0 aliphatic heterocycles. The fraction of sp³-hybridized carbons (Fsp3) is 0.708. The maximum absolute atomic E-state index is 14.4. The van der Waals surface area contributed by atoms with Crippen molar-refractivity contribution in [3.05, 3.63) is 34.9 Å². The van der Waals surface area contributed by atoms with E-state index in [-0.39, 0.29) is 11.5 Å². The number of hydrogen-bond acceptors (Lipinski definition) is 1. The zero-order valence-corrected chi connectivity index (χ0v) is 16.8. The summed E-state index contributed by atoms with van der Waals surface area (Å²) < 4.78 is 28.3. The van der Waals surface area contributed by atoms with Crippen molar-refractivity contribution in [2.45, 2.75) is 84.0 Å². The van der Waals surface area contributed by atoms with E-state index in [1.807, 2.05) is 0 Å². The zero-order chi connectivity index (χ0) is 19.4. The molecule has 2 fully saturated rings. The fourth-order valence-corrected chi connectivity index (χ4v) is 5.72. The van der Waals surface area contributed by atoms with Crippen LogP contribution in [0.25, 0.3) is 0 Å². The van der Waals surface area contributed by atoms with Crippen LogP contribution in [0.15, 0.2) is 12.1 Å². The van der Waals surface area contributed by atoms with Gasteiger partial charge in [0.2, 0.25) is 0 Å². The number of benzene rings is 1. The van der Waals surface area contributed by atoms with Gasteiger partial charge in [0.05, 0.1) is 5.56 Å². The predicted molar refractivity (Wildman–Crippen MR) is 105 cm³/mol. The van der Waals surface area contributed by atoms with Gasteiger partial charge in [-0.3, -0.25) is 0 Å². The van der Waals surface area contributed by atoms with Crippen molar-refractivity contribution in [3.63, 3.8) is 0 Å². The summed E-state index contributed by atoms with van der Waals surface area (Å²) in [5, 5.41) is 8.85. The Kier molecular flexibility index (Phi) is 6.90. The van der Waals surface area contributed by atoms with Crippen molar-refractivity contribution in [2.75, 3.05) is 0 Å². The molecule has 0 heterocycles. The molecule has 3 heteroatoms. The van der Waals surface area contributed by atoms with Crippen LogP contribution < -0.4 is 0 Å². The Balaban J connectivity index is 1.55. The second-order valence-corrected chi connectivity index (χ2v) is 8.98. The molecule has 0 radical (unpaired) electrons. The summed E-state index contributed by atoms with van der Waals surface area (Å²) in [6.45, 7) is 4.72. The summed E-state index contributed by atoms with van der Waals surface area (Å²) in [5.74, 6) is 1.58. The van der Waals surface area contributed by atoms with Crippen molar-refractivity contribution in [3.8, 4) is 6.07 Å². The second-order valence-electron chi connectivity index (χ2n) is 8.98. The molecule has 27 heavy (non-hydrogen) atoms. The molecule has 2 aliphatic carbocycles. The van der Waals surface area contributed by atoms with Gasteiger partial charge in [-0.25, -0.2) is 8.78 Å². The lowest BCUT2D eigenvalue weighted by atomic mass is 9.66. The molecule has 1 nitrogen and oxygen atoms in total. The molecule has 1 unspecified atom stereocenters. The van der Waals surface area contributed by atoms with Crippen LogP contribution in [0.1, 0.15) is 95.1 Å². The van der Waals surface area contributed by atoms with Gasteiger partial charge in [-0.1, -0.05) is 45.6 Å². The summed E-state index contributed by atoms with van der Waals surface area (Å²) in [5.41, 5.74) is 0.273. The highest BCUT2D eigenvalue weighted by Crippen LogP contribution is 2.45. The molecular formula is C24H33F2N. The normalized spacial score (nSPS) is 29.9. The average Bonchev–Trinajstić information content (AvgIpc) is 2.70. The summed E-state index contributed by atoms with van der Waals surface area (Å²) in [7, 11) is 0. The van der Waals surface area contributed by atoms with E-state index in [9.17, 15) is 8.78 Å². The van der Waals surface area contributed by atoms with Gasteiger partial charge >= 0.3 is 0 Å². The lowest BCUT2D eigenvalue weighted by Crippen LogP contribution is -2.28. The molecule has 1 aromatic rings. The highest BCUT2D eigenvalue weighted by Gasteiger charge is 2.33. The Labute approximate surface area is 163 Å². The third-order valence-corrected chi connectivity index (χ3v) is 7.52. The Bertz CT molecular complexity index is 662. The molecule has 1 atom stereocenters. The molecule has 1 aromatic carbocycles. The first-order valence-corrected chi connectivity index (χ1v) is 10.9. The minimum atomic E-state index is -0.977. The Morgan fingerprint density at radius 2 is 1.56 bits per heavy atom. The molecule has 0 spiro atoms. The molecule has 0 N–H and O–H groups in total. The number of nitrogens with zero attached hydrogens (tertiary/aromatic N) is 1. The topological polar surface area (TPSA) is 23.8 Å². The maximum Gasteiger partial charge on any atom is 0.176 e. The Hall–Kier alpha value is -1.43. The van der Waals surface area contributed by atoms with Gasteiger partial charge in [0.25, 0.3) is 0 Å². The van der Waals surface area contributed by atoms with Crippen LogP contribution in [-0.4, -0.2) is 0 Å². The van der Waals surface area contributed by atoms with Gasteiger partial charge in [-0.15, -0.1) is 0 Å². The minimum absolute atomic E-state index is 0.0935. The van der Waals surface area contributed by atoms with Crippen LogP contribution in [0, 0.1) is 46.6 Å². The van der Waals surface area contributed by atoms with Gasteiger partial charge in [0.1, 0.15) is 6.07 Å². The van der Waals surface area contributed by atoms with E-state index >= 15 is 0 Å². The van der Waals surface area contributed by atoms with Crippen LogP contribution in [0.2, 0.25) is 0 Å². The Morgan fingerprint density at radius 1 is 0.963 bits per heavy atom. The van der Waals surface area contributed by atoms with Gasteiger partial charge in [-0.05, 0) is 79.7 Å². The molecule has 2 aliphatic rings. The number of halogens is 2. The van der Waals surface area contributed by atoms with E-state index in [2.05, 4.69) is 13.8 Å². The first-order chi connectivity index (χ1) is 13.0. The van der Waals surface area contributed by atoms with Crippen molar-refractivity contribution < 1.29 is 8.78 Å². The van der Waals surface area contributed by atoms with E-state index in [0.717, 1.165) is 49.4 Å². The van der Waals surface area contributed by atoms with Crippen molar-refractivity contribution in [2.24, 2.45) is 23.7 Å². The molecule has 0 saturated heterocycles. The molecule has 0 aromatic heterocycles. The first-order valence-electron chi connectivity index (χ1n) is 10.9. The average molecular weight is 374 g/mol. The van der Waals surface area contributed by atoms with Crippen molar-refractivity contribution in [1.29, 1.82) is 5.26 Å². The molecule has 0 amide bonds. The van der Waals surface area contributed by atoms with E-state index in [4.69, 9.17) is 5.26 Å². The molecular weight excluding hydrogens is 340 g/mol. The van der Waals surface area contributed by atoms with Gasteiger partial charge in [0.15, 0.2) is 11.6 Å². The fourth-order valence-electron chi connectivity index (χ4n) is 5.72. The summed E-state index contributed by atoms with van der Waals surface area (Å²) >= 11 is 0. The van der Waals surface area contributed by atoms with Crippen LogP contribution in [-0.2, 0) is 0 Å². The van der Waals surface area contributed by atoms with E-state index in [0.29, 0.717) is 5.56 Å². The highest BCUT2D eigenvalue weighted by atomic mass is 19.2. The first kappa shape index (κ1) is 20.3. The predicted octanol–water partition coefficient (Wildman–Crippen LogP) is 7.35. The van der Waals surface area contributed by atoms with Gasteiger partial charge in [-0.2, -0.15) is 5.26 Å². The second kappa shape index (κ2) is 9.18. The highest BCUT2D eigenvalue weighted by molar-refractivity contribution is 5.36. The smallest absolute Gasteiger partial charge is 0.176 e. The van der Waals surface area contributed by atoms with Crippen molar-refractivity contribution >= 4 is 0 Å². The molecule has 3 rings (SSSR count). The van der Waals surface area contributed by atoms with Crippen LogP contribution >= 0.6 is 0 Å². The maximum atomic E-state index is 14.4. The third-order valence-electron chi connectivity index (χ3n) is 7.52. The van der Waals surface area contributed by atoms with Crippen molar-refractivity contribution in [1.82, 2.24) is 0 Å². The molecule has 2 saturated carbocycles.